The van der Waals surface area contributed by atoms with Crippen molar-refractivity contribution in [2.24, 2.45) is 0 Å². The van der Waals surface area contributed by atoms with Crippen molar-refractivity contribution in [1.29, 1.82) is 0 Å². The Morgan fingerprint density at radius 3 is 2.95 bits per heavy atom. The minimum Gasteiger partial charge on any atom is -0.373 e. The summed E-state index contributed by atoms with van der Waals surface area (Å²) in [5.74, 6) is 0. The van der Waals surface area contributed by atoms with Crippen molar-refractivity contribution in [2.45, 2.75) is 57.7 Å². The highest BCUT2D eigenvalue weighted by molar-refractivity contribution is 9.10. The van der Waals surface area contributed by atoms with Gasteiger partial charge in [-0.15, -0.1) is 0 Å². The lowest BCUT2D eigenvalue weighted by molar-refractivity contribution is -0.0901. The average molecular weight is 330 g/mol. The molecule has 1 saturated heterocycles. The lowest BCUT2D eigenvalue weighted by Gasteiger charge is -2.40. The molecule has 19 heavy (non-hydrogen) atoms. The average Bonchev–Trinajstić information content (AvgIpc) is 2.74. The molecular formula is C14H24BrN3O. The van der Waals surface area contributed by atoms with Crippen molar-refractivity contribution in [1.82, 2.24) is 15.1 Å². The van der Waals surface area contributed by atoms with E-state index in [1.807, 2.05) is 13.2 Å². The van der Waals surface area contributed by atoms with Gasteiger partial charge in [0.2, 0.25) is 0 Å². The number of ether oxygens (including phenoxy) is 1. The molecule has 5 heteroatoms. The van der Waals surface area contributed by atoms with Crippen LogP contribution in [0, 0.1) is 0 Å². The highest BCUT2D eigenvalue weighted by Crippen LogP contribution is 2.38. The third-order valence-corrected chi connectivity index (χ3v) is 4.55. The van der Waals surface area contributed by atoms with Gasteiger partial charge < -0.3 is 10.1 Å². The molecule has 2 heterocycles. The van der Waals surface area contributed by atoms with Gasteiger partial charge in [0.15, 0.2) is 0 Å². The van der Waals surface area contributed by atoms with Crippen LogP contribution in [0.5, 0.6) is 0 Å². The Hall–Kier alpha value is -0.390. The first-order valence-electron chi connectivity index (χ1n) is 7.15. The minimum absolute atomic E-state index is 0.152. The zero-order chi connectivity index (χ0) is 13.9. The van der Waals surface area contributed by atoms with Crippen molar-refractivity contribution in [3.63, 3.8) is 0 Å². The summed E-state index contributed by atoms with van der Waals surface area (Å²) in [5, 5.41) is 7.91. The van der Waals surface area contributed by atoms with Crippen LogP contribution in [0.2, 0.25) is 0 Å². The molecule has 1 aliphatic rings. The van der Waals surface area contributed by atoms with E-state index in [0.717, 1.165) is 30.5 Å². The number of nitrogens with zero attached hydrogens (tertiary/aromatic N) is 2. The molecular weight excluding hydrogens is 306 g/mol. The molecule has 0 spiro atoms. The molecule has 4 nitrogen and oxygen atoms in total. The molecule has 1 fully saturated rings. The second kappa shape index (κ2) is 6.37. The maximum atomic E-state index is 6.11. The van der Waals surface area contributed by atoms with Gasteiger partial charge in [-0.05, 0) is 55.6 Å². The molecule has 1 aromatic heterocycles. The van der Waals surface area contributed by atoms with E-state index in [2.05, 4.69) is 44.9 Å². The van der Waals surface area contributed by atoms with Gasteiger partial charge in [0, 0.05) is 13.2 Å². The first kappa shape index (κ1) is 15.0. The summed E-state index contributed by atoms with van der Waals surface area (Å²) >= 11 is 3.64. The van der Waals surface area contributed by atoms with Crippen molar-refractivity contribution < 1.29 is 4.74 Å². The molecule has 1 aliphatic heterocycles. The summed E-state index contributed by atoms with van der Waals surface area (Å²) in [5.41, 5.74) is 1.05. The van der Waals surface area contributed by atoms with Crippen LogP contribution in [0.15, 0.2) is 10.7 Å². The number of aryl methyl sites for hydroxylation is 1. The van der Waals surface area contributed by atoms with Crippen molar-refractivity contribution in [3.8, 4) is 0 Å². The van der Waals surface area contributed by atoms with Gasteiger partial charge in [0.1, 0.15) is 0 Å². The first-order chi connectivity index (χ1) is 9.12. The minimum atomic E-state index is -0.152. The van der Waals surface area contributed by atoms with Gasteiger partial charge in [-0.25, -0.2) is 0 Å². The fourth-order valence-electron chi connectivity index (χ4n) is 2.96. The lowest BCUT2D eigenvalue weighted by Crippen LogP contribution is -2.45. The zero-order valence-corrected chi connectivity index (χ0v) is 13.7. The highest BCUT2D eigenvalue weighted by Gasteiger charge is 2.39. The fraction of sp³-hybridized carbons (Fsp3) is 0.786. The SMILES string of the molecule is CCCn1ncc(Br)c1C(NC)C1(C)CCCCO1. The third-order valence-electron chi connectivity index (χ3n) is 3.94. The van der Waals surface area contributed by atoms with Crippen LogP contribution in [0.3, 0.4) is 0 Å². The summed E-state index contributed by atoms with van der Waals surface area (Å²) < 4.78 is 9.26. The molecule has 0 radical (unpaired) electrons. The Morgan fingerprint density at radius 2 is 2.37 bits per heavy atom. The molecule has 1 N–H and O–H groups in total. The van der Waals surface area contributed by atoms with Crippen molar-refractivity contribution in [3.05, 3.63) is 16.4 Å². The standard InChI is InChI=1S/C14H24BrN3O/c1-4-8-18-12(11(15)10-17-18)13(16-3)14(2)7-5-6-9-19-14/h10,13,16H,4-9H2,1-3H3. The Labute approximate surface area is 124 Å². The molecule has 0 aliphatic carbocycles. The van der Waals surface area contributed by atoms with Crippen LogP contribution in [-0.4, -0.2) is 29.0 Å². The molecule has 1 aromatic rings. The number of nitrogens with one attached hydrogen (secondary N) is 1. The van der Waals surface area contributed by atoms with Gasteiger partial charge in [-0.3, -0.25) is 4.68 Å². The topological polar surface area (TPSA) is 39.1 Å². The van der Waals surface area contributed by atoms with E-state index in [1.165, 1.54) is 18.5 Å². The predicted octanol–water partition coefficient (Wildman–Crippen LogP) is 3.28. The maximum absolute atomic E-state index is 6.11. The molecule has 0 amide bonds. The van der Waals surface area contributed by atoms with E-state index in [1.54, 1.807) is 0 Å². The van der Waals surface area contributed by atoms with Gasteiger partial charge >= 0.3 is 0 Å². The number of rotatable bonds is 5. The van der Waals surface area contributed by atoms with E-state index in [0.29, 0.717) is 0 Å². The van der Waals surface area contributed by atoms with Gasteiger partial charge in [0.25, 0.3) is 0 Å². The Balaban J connectivity index is 2.33. The number of likely N-dealkylation sites (N-methyl/N-ethyl adjacent to an activating group) is 1. The molecule has 2 atom stereocenters. The summed E-state index contributed by atoms with van der Waals surface area (Å²) in [7, 11) is 2.00. The molecule has 0 bridgehead atoms. The normalized spacial score (nSPS) is 25.5. The quantitative estimate of drug-likeness (QED) is 0.901. The zero-order valence-electron chi connectivity index (χ0n) is 12.1. The Bertz CT molecular complexity index is 413. The van der Waals surface area contributed by atoms with E-state index in [9.17, 15) is 0 Å². The molecule has 0 aromatic carbocycles. The molecule has 2 unspecified atom stereocenters. The van der Waals surface area contributed by atoms with E-state index in [-0.39, 0.29) is 11.6 Å². The molecule has 0 saturated carbocycles. The predicted molar refractivity (Wildman–Crippen MR) is 80.2 cm³/mol. The van der Waals surface area contributed by atoms with Crippen LogP contribution in [0.1, 0.15) is 51.3 Å². The first-order valence-corrected chi connectivity index (χ1v) is 7.94. The summed E-state index contributed by atoms with van der Waals surface area (Å²) in [4.78, 5) is 0. The van der Waals surface area contributed by atoms with Crippen LogP contribution < -0.4 is 5.32 Å². The summed E-state index contributed by atoms with van der Waals surface area (Å²) in [6.45, 7) is 6.18. The number of hydrogen-bond donors (Lipinski definition) is 1. The number of hydrogen-bond acceptors (Lipinski definition) is 3. The van der Waals surface area contributed by atoms with Crippen LogP contribution >= 0.6 is 15.9 Å². The van der Waals surface area contributed by atoms with Crippen LogP contribution in [0.25, 0.3) is 0 Å². The Morgan fingerprint density at radius 1 is 1.58 bits per heavy atom. The fourth-order valence-corrected chi connectivity index (χ4v) is 3.49. The monoisotopic (exact) mass is 329 g/mol. The van der Waals surface area contributed by atoms with Crippen LogP contribution in [-0.2, 0) is 11.3 Å². The molecule has 2 rings (SSSR count). The lowest BCUT2D eigenvalue weighted by atomic mass is 9.86. The molecule has 108 valence electrons. The van der Waals surface area contributed by atoms with Crippen molar-refractivity contribution in [2.75, 3.05) is 13.7 Å². The number of halogens is 1. The van der Waals surface area contributed by atoms with Gasteiger partial charge in [0.05, 0.1) is 28.0 Å². The third kappa shape index (κ3) is 3.03. The largest absolute Gasteiger partial charge is 0.373 e. The second-order valence-corrected chi connectivity index (χ2v) is 6.30. The van der Waals surface area contributed by atoms with Crippen LogP contribution in [0.4, 0.5) is 0 Å². The summed E-state index contributed by atoms with van der Waals surface area (Å²) in [6.07, 6.45) is 6.45. The maximum Gasteiger partial charge on any atom is 0.0863 e. The van der Waals surface area contributed by atoms with E-state index in [4.69, 9.17) is 4.74 Å². The van der Waals surface area contributed by atoms with E-state index < -0.39 is 0 Å². The highest BCUT2D eigenvalue weighted by atomic mass is 79.9. The Kier molecular flexibility index (Phi) is 5.03. The summed E-state index contributed by atoms with van der Waals surface area (Å²) in [6, 6.07) is 0.163. The van der Waals surface area contributed by atoms with Gasteiger partial charge in [-0.1, -0.05) is 6.92 Å². The second-order valence-electron chi connectivity index (χ2n) is 5.44. The van der Waals surface area contributed by atoms with Gasteiger partial charge in [-0.2, -0.15) is 5.10 Å². The number of aromatic nitrogens is 2. The van der Waals surface area contributed by atoms with Crippen molar-refractivity contribution >= 4 is 15.9 Å². The smallest absolute Gasteiger partial charge is 0.0863 e. The van der Waals surface area contributed by atoms with E-state index >= 15 is 0 Å².